The highest BCUT2D eigenvalue weighted by molar-refractivity contribution is 5.22. The summed E-state index contributed by atoms with van der Waals surface area (Å²) in [5, 5.41) is 3.58. The molecule has 1 nitrogen and oxygen atoms in total. The SMILES string of the molecule is Cc1ccc(C[C@@H]2CCCCN2)cc1. The van der Waals surface area contributed by atoms with Crippen molar-refractivity contribution in [2.75, 3.05) is 6.54 Å². The topological polar surface area (TPSA) is 12.0 Å². The lowest BCUT2D eigenvalue weighted by Gasteiger charge is -2.23. The third kappa shape index (κ3) is 2.58. The average Bonchev–Trinajstić information content (AvgIpc) is 2.23. The highest BCUT2D eigenvalue weighted by Crippen LogP contribution is 2.13. The summed E-state index contributed by atoms with van der Waals surface area (Å²) in [4.78, 5) is 0. The lowest BCUT2D eigenvalue weighted by molar-refractivity contribution is 0.399. The molecule has 2 rings (SSSR count). The number of hydrogen-bond donors (Lipinski definition) is 1. The van der Waals surface area contributed by atoms with Crippen LogP contribution < -0.4 is 5.32 Å². The van der Waals surface area contributed by atoms with E-state index in [4.69, 9.17) is 0 Å². The average molecular weight is 189 g/mol. The lowest BCUT2D eigenvalue weighted by atomic mass is 9.97. The molecule has 1 heterocycles. The molecule has 1 N–H and O–H groups in total. The summed E-state index contributed by atoms with van der Waals surface area (Å²) in [5.41, 5.74) is 2.82. The van der Waals surface area contributed by atoms with E-state index in [2.05, 4.69) is 36.5 Å². The first-order chi connectivity index (χ1) is 6.84. The zero-order valence-electron chi connectivity index (χ0n) is 8.92. The molecule has 0 aromatic heterocycles. The summed E-state index contributed by atoms with van der Waals surface area (Å²) in [6, 6.07) is 9.64. The van der Waals surface area contributed by atoms with E-state index in [-0.39, 0.29) is 0 Å². The Morgan fingerprint density at radius 3 is 2.64 bits per heavy atom. The molecule has 76 valence electrons. The number of rotatable bonds is 2. The second-order valence-electron chi connectivity index (χ2n) is 4.34. The second kappa shape index (κ2) is 4.61. The van der Waals surface area contributed by atoms with Crippen LogP contribution in [0, 0.1) is 6.92 Å². The van der Waals surface area contributed by atoms with Gasteiger partial charge in [0.1, 0.15) is 0 Å². The Morgan fingerprint density at radius 1 is 1.21 bits per heavy atom. The highest BCUT2D eigenvalue weighted by Gasteiger charge is 2.12. The van der Waals surface area contributed by atoms with Crippen molar-refractivity contribution >= 4 is 0 Å². The number of piperidine rings is 1. The Balaban J connectivity index is 1.92. The molecule has 1 aliphatic rings. The second-order valence-corrected chi connectivity index (χ2v) is 4.34. The molecule has 0 amide bonds. The van der Waals surface area contributed by atoms with Crippen LogP contribution >= 0.6 is 0 Å². The Bertz CT molecular complexity index is 270. The van der Waals surface area contributed by atoms with Gasteiger partial charge in [-0.05, 0) is 38.3 Å². The molecule has 1 aromatic carbocycles. The van der Waals surface area contributed by atoms with Crippen LogP contribution in [0.15, 0.2) is 24.3 Å². The molecule has 1 aromatic rings. The van der Waals surface area contributed by atoms with Gasteiger partial charge in [-0.1, -0.05) is 36.2 Å². The van der Waals surface area contributed by atoms with Crippen molar-refractivity contribution in [3.8, 4) is 0 Å². The number of benzene rings is 1. The van der Waals surface area contributed by atoms with Gasteiger partial charge in [-0.2, -0.15) is 0 Å². The zero-order valence-corrected chi connectivity index (χ0v) is 8.92. The van der Waals surface area contributed by atoms with Crippen LogP contribution in [0.5, 0.6) is 0 Å². The van der Waals surface area contributed by atoms with Crippen LogP contribution in [-0.4, -0.2) is 12.6 Å². The quantitative estimate of drug-likeness (QED) is 0.754. The maximum Gasteiger partial charge on any atom is 0.0107 e. The molecular weight excluding hydrogens is 170 g/mol. The Labute approximate surface area is 86.5 Å². The maximum atomic E-state index is 3.58. The Morgan fingerprint density at radius 2 is 2.00 bits per heavy atom. The summed E-state index contributed by atoms with van der Waals surface area (Å²) < 4.78 is 0. The monoisotopic (exact) mass is 189 g/mol. The van der Waals surface area contributed by atoms with Crippen LogP contribution in [-0.2, 0) is 6.42 Å². The fourth-order valence-corrected chi connectivity index (χ4v) is 2.11. The van der Waals surface area contributed by atoms with Gasteiger partial charge in [0.15, 0.2) is 0 Å². The molecule has 0 unspecified atom stereocenters. The van der Waals surface area contributed by atoms with Crippen molar-refractivity contribution in [3.05, 3.63) is 35.4 Å². The molecule has 0 radical (unpaired) electrons. The van der Waals surface area contributed by atoms with Gasteiger partial charge in [0.2, 0.25) is 0 Å². The van der Waals surface area contributed by atoms with Crippen molar-refractivity contribution in [2.45, 2.75) is 38.6 Å². The molecule has 0 aliphatic carbocycles. The maximum absolute atomic E-state index is 3.58. The van der Waals surface area contributed by atoms with E-state index in [1.54, 1.807) is 0 Å². The van der Waals surface area contributed by atoms with E-state index >= 15 is 0 Å². The summed E-state index contributed by atoms with van der Waals surface area (Å²) in [7, 11) is 0. The first-order valence-electron chi connectivity index (χ1n) is 5.63. The fourth-order valence-electron chi connectivity index (χ4n) is 2.11. The largest absolute Gasteiger partial charge is 0.314 e. The summed E-state index contributed by atoms with van der Waals surface area (Å²) in [6.07, 6.45) is 5.28. The summed E-state index contributed by atoms with van der Waals surface area (Å²) in [6.45, 7) is 3.35. The fraction of sp³-hybridized carbons (Fsp3) is 0.538. The Kier molecular flexibility index (Phi) is 3.20. The molecule has 1 atom stereocenters. The molecule has 1 fully saturated rings. The third-order valence-electron chi connectivity index (χ3n) is 3.02. The molecule has 0 spiro atoms. The minimum Gasteiger partial charge on any atom is -0.314 e. The Hall–Kier alpha value is -0.820. The van der Waals surface area contributed by atoms with Crippen LogP contribution in [0.3, 0.4) is 0 Å². The van der Waals surface area contributed by atoms with Gasteiger partial charge in [0, 0.05) is 6.04 Å². The van der Waals surface area contributed by atoms with Crippen LogP contribution in [0.4, 0.5) is 0 Å². The van der Waals surface area contributed by atoms with E-state index in [1.165, 1.54) is 43.4 Å². The van der Waals surface area contributed by atoms with Gasteiger partial charge in [0.05, 0.1) is 0 Å². The van der Waals surface area contributed by atoms with Crippen molar-refractivity contribution in [3.63, 3.8) is 0 Å². The minimum atomic E-state index is 0.714. The molecule has 1 saturated heterocycles. The van der Waals surface area contributed by atoms with E-state index < -0.39 is 0 Å². The predicted octanol–water partition coefficient (Wildman–Crippen LogP) is 2.68. The van der Waals surface area contributed by atoms with Crippen LogP contribution in [0.25, 0.3) is 0 Å². The molecule has 14 heavy (non-hydrogen) atoms. The molecule has 0 saturated carbocycles. The molecular formula is C13H19N. The standard InChI is InChI=1S/C13H19N/c1-11-5-7-12(8-6-11)10-13-4-2-3-9-14-13/h5-8,13-14H,2-4,9-10H2,1H3/t13-/m0/s1. The summed E-state index contributed by atoms with van der Waals surface area (Å²) in [5.74, 6) is 0. The van der Waals surface area contributed by atoms with Gasteiger partial charge in [-0.15, -0.1) is 0 Å². The van der Waals surface area contributed by atoms with Gasteiger partial charge in [0.25, 0.3) is 0 Å². The summed E-state index contributed by atoms with van der Waals surface area (Å²) >= 11 is 0. The molecule has 1 heteroatoms. The van der Waals surface area contributed by atoms with Gasteiger partial charge in [-0.3, -0.25) is 0 Å². The van der Waals surface area contributed by atoms with Crippen LogP contribution in [0.2, 0.25) is 0 Å². The number of aryl methyl sites for hydroxylation is 1. The van der Waals surface area contributed by atoms with Gasteiger partial charge < -0.3 is 5.32 Å². The predicted molar refractivity (Wildman–Crippen MR) is 60.5 cm³/mol. The smallest absolute Gasteiger partial charge is 0.0107 e. The minimum absolute atomic E-state index is 0.714. The molecule has 1 aliphatic heterocycles. The normalized spacial score (nSPS) is 22.2. The molecule has 0 bridgehead atoms. The zero-order chi connectivity index (χ0) is 9.80. The van der Waals surface area contributed by atoms with Gasteiger partial charge >= 0.3 is 0 Å². The van der Waals surface area contributed by atoms with E-state index in [1.807, 2.05) is 0 Å². The van der Waals surface area contributed by atoms with Crippen molar-refractivity contribution in [2.24, 2.45) is 0 Å². The van der Waals surface area contributed by atoms with Crippen molar-refractivity contribution in [1.82, 2.24) is 5.32 Å². The number of hydrogen-bond acceptors (Lipinski definition) is 1. The third-order valence-corrected chi connectivity index (χ3v) is 3.02. The lowest BCUT2D eigenvalue weighted by Crippen LogP contribution is -2.35. The van der Waals surface area contributed by atoms with Crippen molar-refractivity contribution in [1.29, 1.82) is 0 Å². The highest BCUT2D eigenvalue weighted by atomic mass is 14.9. The van der Waals surface area contributed by atoms with E-state index in [0.717, 1.165) is 0 Å². The first kappa shape index (κ1) is 9.72. The van der Waals surface area contributed by atoms with E-state index in [9.17, 15) is 0 Å². The number of nitrogens with one attached hydrogen (secondary N) is 1. The van der Waals surface area contributed by atoms with E-state index in [0.29, 0.717) is 6.04 Å². The van der Waals surface area contributed by atoms with Crippen molar-refractivity contribution < 1.29 is 0 Å². The van der Waals surface area contributed by atoms with Crippen LogP contribution in [0.1, 0.15) is 30.4 Å². The first-order valence-corrected chi connectivity index (χ1v) is 5.63. The van der Waals surface area contributed by atoms with Gasteiger partial charge in [-0.25, -0.2) is 0 Å².